The minimum absolute atomic E-state index is 0.252. The van der Waals surface area contributed by atoms with Crippen molar-refractivity contribution in [2.24, 2.45) is 5.92 Å². The van der Waals surface area contributed by atoms with Gasteiger partial charge in [0.15, 0.2) is 0 Å². The molecular formula is C16H19NO2. The Morgan fingerprint density at radius 3 is 2.84 bits per heavy atom. The molecule has 1 heterocycles. The van der Waals surface area contributed by atoms with Crippen LogP contribution in [0.15, 0.2) is 30.5 Å². The summed E-state index contributed by atoms with van der Waals surface area (Å²) < 4.78 is 2.35. The predicted octanol–water partition coefficient (Wildman–Crippen LogP) is 3.46. The van der Waals surface area contributed by atoms with E-state index in [0.717, 1.165) is 18.9 Å². The van der Waals surface area contributed by atoms with E-state index < -0.39 is 5.97 Å². The van der Waals surface area contributed by atoms with Gasteiger partial charge in [-0.15, -0.1) is 0 Å². The molecule has 100 valence electrons. The third kappa shape index (κ3) is 2.80. The molecule has 2 aromatic rings. The second kappa shape index (κ2) is 5.08. The van der Waals surface area contributed by atoms with E-state index in [1.165, 1.54) is 29.3 Å². The summed E-state index contributed by atoms with van der Waals surface area (Å²) in [6, 6.07) is 8.45. The summed E-state index contributed by atoms with van der Waals surface area (Å²) >= 11 is 0. The Morgan fingerprint density at radius 1 is 1.32 bits per heavy atom. The summed E-state index contributed by atoms with van der Waals surface area (Å²) in [7, 11) is 0. The normalized spacial score (nSPS) is 14.9. The van der Waals surface area contributed by atoms with Crippen molar-refractivity contribution in [1.29, 1.82) is 0 Å². The van der Waals surface area contributed by atoms with Crippen LogP contribution in [-0.4, -0.2) is 15.6 Å². The zero-order chi connectivity index (χ0) is 13.2. The van der Waals surface area contributed by atoms with E-state index in [-0.39, 0.29) is 6.42 Å². The Morgan fingerprint density at radius 2 is 2.11 bits per heavy atom. The van der Waals surface area contributed by atoms with Gasteiger partial charge in [-0.3, -0.25) is 4.79 Å². The molecule has 0 bridgehead atoms. The molecule has 0 radical (unpaired) electrons. The summed E-state index contributed by atoms with van der Waals surface area (Å²) in [6.07, 6.45) is 6.74. The van der Waals surface area contributed by atoms with Gasteiger partial charge >= 0.3 is 5.97 Å². The quantitative estimate of drug-likeness (QED) is 0.861. The van der Waals surface area contributed by atoms with Gasteiger partial charge in [0.2, 0.25) is 0 Å². The van der Waals surface area contributed by atoms with Gasteiger partial charge in [-0.1, -0.05) is 18.2 Å². The number of carbonyl (C=O) groups is 1. The Kier molecular flexibility index (Phi) is 3.28. The van der Waals surface area contributed by atoms with Gasteiger partial charge in [0.05, 0.1) is 0 Å². The summed E-state index contributed by atoms with van der Waals surface area (Å²) in [4.78, 5) is 10.6. The summed E-state index contributed by atoms with van der Waals surface area (Å²) in [6.45, 7) is 1.11. The number of hydrogen-bond donors (Lipinski definition) is 1. The second-order valence-electron chi connectivity index (χ2n) is 5.51. The highest BCUT2D eigenvalue weighted by molar-refractivity contribution is 5.84. The Balaban J connectivity index is 1.83. The van der Waals surface area contributed by atoms with E-state index in [4.69, 9.17) is 5.11 Å². The molecule has 0 atom stereocenters. The number of aromatic nitrogens is 1. The van der Waals surface area contributed by atoms with Crippen molar-refractivity contribution in [1.82, 2.24) is 4.57 Å². The molecule has 19 heavy (non-hydrogen) atoms. The lowest BCUT2D eigenvalue weighted by molar-refractivity contribution is -0.137. The van der Waals surface area contributed by atoms with Crippen LogP contribution in [0, 0.1) is 5.92 Å². The third-order valence-electron chi connectivity index (χ3n) is 3.86. The molecule has 3 rings (SSSR count). The monoisotopic (exact) mass is 257 g/mol. The van der Waals surface area contributed by atoms with Crippen LogP contribution in [0.5, 0.6) is 0 Å². The number of fused-ring (bicyclic) bond motifs is 1. The number of carboxylic acids is 1. The van der Waals surface area contributed by atoms with Crippen LogP contribution in [0.1, 0.15) is 31.2 Å². The maximum absolute atomic E-state index is 10.6. The van der Waals surface area contributed by atoms with Crippen LogP contribution in [0.2, 0.25) is 0 Å². The number of aliphatic carboxylic acids is 1. The number of carboxylic acid groups (broad SMARTS) is 1. The lowest BCUT2D eigenvalue weighted by atomic mass is 10.1. The number of para-hydroxylation sites is 1. The molecule has 1 aromatic carbocycles. The van der Waals surface area contributed by atoms with Crippen molar-refractivity contribution in [3.8, 4) is 0 Å². The second-order valence-corrected chi connectivity index (χ2v) is 5.51. The zero-order valence-electron chi connectivity index (χ0n) is 11.0. The molecule has 0 amide bonds. The van der Waals surface area contributed by atoms with Crippen LogP contribution < -0.4 is 0 Å². The number of nitrogens with zero attached hydrogens (tertiary/aromatic N) is 1. The Labute approximate surface area is 112 Å². The van der Waals surface area contributed by atoms with Gasteiger partial charge in [-0.2, -0.15) is 0 Å². The van der Waals surface area contributed by atoms with Crippen molar-refractivity contribution in [2.45, 2.75) is 38.6 Å². The number of hydrogen-bond acceptors (Lipinski definition) is 1. The van der Waals surface area contributed by atoms with Crippen molar-refractivity contribution in [3.63, 3.8) is 0 Å². The van der Waals surface area contributed by atoms with E-state index in [2.05, 4.69) is 35.0 Å². The third-order valence-corrected chi connectivity index (χ3v) is 3.86. The first kappa shape index (κ1) is 12.3. The lowest BCUT2D eigenvalue weighted by Gasteiger charge is -2.02. The topological polar surface area (TPSA) is 42.2 Å². The zero-order valence-corrected chi connectivity index (χ0v) is 11.0. The summed E-state index contributed by atoms with van der Waals surface area (Å²) in [5, 5.41) is 10.0. The molecule has 1 aromatic heterocycles. The minimum atomic E-state index is -0.707. The van der Waals surface area contributed by atoms with Crippen LogP contribution in [0.3, 0.4) is 0 Å². The molecular weight excluding hydrogens is 238 g/mol. The van der Waals surface area contributed by atoms with Crippen LogP contribution in [-0.2, 0) is 17.8 Å². The van der Waals surface area contributed by atoms with Gasteiger partial charge < -0.3 is 9.67 Å². The molecule has 3 nitrogen and oxygen atoms in total. The summed E-state index contributed by atoms with van der Waals surface area (Å²) in [5.74, 6) is 0.143. The molecule has 1 N–H and O–H groups in total. The highest BCUT2D eigenvalue weighted by Gasteiger charge is 2.22. The molecule has 1 fully saturated rings. The standard InChI is InChI=1S/C16H19NO2/c18-16(19)7-3-4-13-11-17(10-12-8-9-12)15-6-2-1-5-14(13)15/h1-2,5-6,11-12H,3-4,7-10H2,(H,18,19). The van der Waals surface area contributed by atoms with E-state index in [0.29, 0.717) is 6.42 Å². The van der Waals surface area contributed by atoms with Crippen molar-refractivity contribution in [3.05, 3.63) is 36.0 Å². The van der Waals surface area contributed by atoms with Gasteiger partial charge in [0.25, 0.3) is 0 Å². The Bertz CT molecular complexity index is 596. The van der Waals surface area contributed by atoms with Gasteiger partial charge in [0, 0.05) is 30.1 Å². The van der Waals surface area contributed by atoms with E-state index in [1.807, 2.05) is 0 Å². The number of benzene rings is 1. The van der Waals surface area contributed by atoms with E-state index in [1.54, 1.807) is 0 Å². The number of rotatable bonds is 6. The summed E-state index contributed by atoms with van der Waals surface area (Å²) in [5.41, 5.74) is 2.58. The highest BCUT2D eigenvalue weighted by atomic mass is 16.4. The molecule has 1 aliphatic carbocycles. The Hall–Kier alpha value is -1.77. The lowest BCUT2D eigenvalue weighted by Crippen LogP contribution is -1.97. The first-order valence-electron chi connectivity index (χ1n) is 7.02. The van der Waals surface area contributed by atoms with Gasteiger partial charge in [-0.05, 0) is 43.2 Å². The largest absolute Gasteiger partial charge is 0.481 e. The maximum Gasteiger partial charge on any atom is 0.303 e. The fraction of sp³-hybridized carbons (Fsp3) is 0.438. The predicted molar refractivity (Wildman–Crippen MR) is 75.2 cm³/mol. The van der Waals surface area contributed by atoms with Crippen molar-refractivity contribution in [2.75, 3.05) is 0 Å². The maximum atomic E-state index is 10.6. The first-order chi connectivity index (χ1) is 9.24. The minimum Gasteiger partial charge on any atom is -0.481 e. The smallest absolute Gasteiger partial charge is 0.303 e. The molecule has 3 heteroatoms. The average Bonchev–Trinajstić information content (AvgIpc) is 3.13. The highest BCUT2D eigenvalue weighted by Crippen LogP contribution is 2.33. The van der Waals surface area contributed by atoms with Crippen molar-refractivity contribution >= 4 is 16.9 Å². The molecule has 0 unspecified atom stereocenters. The van der Waals surface area contributed by atoms with Gasteiger partial charge in [-0.25, -0.2) is 0 Å². The molecule has 1 saturated carbocycles. The van der Waals surface area contributed by atoms with Crippen LogP contribution >= 0.6 is 0 Å². The van der Waals surface area contributed by atoms with Crippen molar-refractivity contribution < 1.29 is 9.90 Å². The van der Waals surface area contributed by atoms with Crippen LogP contribution in [0.25, 0.3) is 10.9 Å². The SMILES string of the molecule is O=C(O)CCCc1cn(CC2CC2)c2ccccc12. The van der Waals surface area contributed by atoms with E-state index in [9.17, 15) is 4.79 Å². The number of aryl methyl sites for hydroxylation is 1. The molecule has 0 aliphatic heterocycles. The van der Waals surface area contributed by atoms with Gasteiger partial charge in [0.1, 0.15) is 0 Å². The molecule has 0 saturated heterocycles. The molecule has 1 aliphatic rings. The van der Waals surface area contributed by atoms with Crippen LogP contribution in [0.4, 0.5) is 0 Å². The first-order valence-corrected chi connectivity index (χ1v) is 7.02. The van der Waals surface area contributed by atoms with E-state index >= 15 is 0 Å². The molecule has 0 spiro atoms. The average molecular weight is 257 g/mol. The fourth-order valence-electron chi connectivity index (χ4n) is 2.68. The fourth-order valence-corrected chi connectivity index (χ4v) is 2.68.